The molecule has 130 valence electrons. The maximum absolute atomic E-state index is 12.8. The molecule has 1 amide bonds. The van der Waals surface area contributed by atoms with Gasteiger partial charge in [-0.25, -0.2) is 9.78 Å². The zero-order valence-corrected chi connectivity index (χ0v) is 14.8. The van der Waals surface area contributed by atoms with Gasteiger partial charge >= 0.3 is 6.09 Å². The van der Waals surface area contributed by atoms with E-state index in [9.17, 15) is 9.59 Å². The van der Waals surface area contributed by atoms with E-state index < -0.39 is 0 Å². The second kappa shape index (κ2) is 7.08. The van der Waals surface area contributed by atoms with Crippen LogP contribution in [0.25, 0.3) is 10.2 Å². The van der Waals surface area contributed by atoms with Gasteiger partial charge in [0.15, 0.2) is 0 Å². The molecule has 7 nitrogen and oxygen atoms in total. The molecule has 2 aromatic heterocycles. The second-order valence-corrected chi connectivity index (χ2v) is 6.89. The van der Waals surface area contributed by atoms with Crippen LogP contribution in [0.5, 0.6) is 0 Å². The molecule has 0 saturated carbocycles. The number of thiophene rings is 1. The lowest BCUT2D eigenvalue weighted by molar-refractivity contribution is 0.0715. The van der Waals surface area contributed by atoms with Crippen molar-refractivity contribution < 1.29 is 9.53 Å². The number of nitrogens with one attached hydrogen (secondary N) is 1. The molecule has 2 aliphatic heterocycles. The van der Waals surface area contributed by atoms with Crippen molar-refractivity contribution in [2.75, 3.05) is 26.2 Å². The van der Waals surface area contributed by atoms with Crippen molar-refractivity contribution in [3.8, 4) is 0 Å². The number of ether oxygens (including phenoxy) is 1. The number of rotatable bonds is 3. The molecule has 2 aromatic rings. The average molecular weight is 371 g/mol. The lowest BCUT2D eigenvalue weighted by Crippen LogP contribution is -2.40. The summed E-state index contributed by atoms with van der Waals surface area (Å²) in [5.74, 6) is 0. The number of fused-ring (bicyclic) bond motifs is 3. The van der Waals surface area contributed by atoms with Crippen molar-refractivity contribution in [2.24, 2.45) is 0 Å². The number of hydrogen-bond acceptors (Lipinski definition) is 6. The van der Waals surface area contributed by atoms with Crippen LogP contribution in [0.15, 0.2) is 11.1 Å². The first-order chi connectivity index (χ1) is 11.2. The van der Waals surface area contributed by atoms with Gasteiger partial charge < -0.3 is 15.0 Å². The first-order valence-corrected chi connectivity index (χ1v) is 8.68. The lowest BCUT2D eigenvalue weighted by atomic mass is 10.1. The van der Waals surface area contributed by atoms with Crippen LogP contribution in [0.2, 0.25) is 0 Å². The normalized spacial score (nSPS) is 17.3. The Morgan fingerprint density at radius 3 is 3.04 bits per heavy atom. The fourth-order valence-electron chi connectivity index (χ4n) is 3.14. The molecule has 4 rings (SSSR count). The standard InChI is InChI=1S/C15H18N4O3S.ClH/c20-14-12-10-2-3-16-8-11(10)23-13(12)17-9-19(14)6-5-18-4-1-7-22-15(18)21;/h9,16H,1-8H2;1H. The highest BCUT2D eigenvalue weighted by Gasteiger charge is 2.21. The molecule has 24 heavy (non-hydrogen) atoms. The van der Waals surface area contributed by atoms with Crippen LogP contribution in [0.4, 0.5) is 4.79 Å². The van der Waals surface area contributed by atoms with Gasteiger partial charge in [-0.3, -0.25) is 9.36 Å². The third-order valence-electron chi connectivity index (χ3n) is 4.37. The van der Waals surface area contributed by atoms with Crippen molar-refractivity contribution in [3.05, 3.63) is 27.1 Å². The third-order valence-corrected chi connectivity index (χ3v) is 5.51. The molecular weight excluding hydrogens is 352 g/mol. The number of nitrogens with zero attached hydrogens (tertiary/aromatic N) is 3. The molecule has 1 N–H and O–H groups in total. The number of halogens is 1. The molecule has 0 spiro atoms. The number of carbonyl (C=O) groups excluding carboxylic acids is 1. The summed E-state index contributed by atoms with van der Waals surface area (Å²) in [7, 11) is 0. The molecular formula is C15H19ClN4O3S. The quantitative estimate of drug-likeness (QED) is 0.883. The largest absolute Gasteiger partial charge is 0.449 e. The first-order valence-electron chi connectivity index (χ1n) is 7.86. The molecule has 1 saturated heterocycles. The second-order valence-electron chi connectivity index (χ2n) is 5.81. The predicted octanol–water partition coefficient (Wildman–Crippen LogP) is 1.37. The lowest BCUT2D eigenvalue weighted by Gasteiger charge is -2.26. The van der Waals surface area contributed by atoms with E-state index >= 15 is 0 Å². The minimum atomic E-state index is -0.294. The van der Waals surface area contributed by atoms with Gasteiger partial charge in [-0.2, -0.15) is 0 Å². The Morgan fingerprint density at radius 1 is 1.33 bits per heavy atom. The minimum absolute atomic E-state index is 0. The Labute approximate surface area is 149 Å². The van der Waals surface area contributed by atoms with E-state index in [1.165, 1.54) is 4.88 Å². The monoisotopic (exact) mass is 370 g/mol. The van der Waals surface area contributed by atoms with Crippen LogP contribution >= 0.6 is 23.7 Å². The highest BCUT2D eigenvalue weighted by Crippen LogP contribution is 2.29. The van der Waals surface area contributed by atoms with Crippen LogP contribution in [-0.4, -0.2) is 46.8 Å². The Morgan fingerprint density at radius 2 is 2.21 bits per heavy atom. The molecule has 0 atom stereocenters. The summed E-state index contributed by atoms with van der Waals surface area (Å²) in [6, 6.07) is 0. The van der Waals surface area contributed by atoms with Crippen molar-refractivity contribution in [2.45, 2.75) is 25.9 Å². The van der Waals surface area contributed by atoms with Crippen molar-refractivity contribution in [1.29, 1.82) is 0 Å². The van der Waals surface area contributed by atoms with Crippen LogP contribution in [0.3, 0.4) is 0 Å². The Bertz CT molecular complexity index is 819. The molecule has 0 radical (unpaired) electrons. The maximum atomic E-state index is 12.8. The Balaban J connectivity index is 0.00000169. The number of amides is 1. The van der Waals surface area contributed by atoms with Gasteiger partial charge in [0, 0.05) is 31.1 Å². The van der Waals surface area contributed by atoms with E-state index in [0.717, 1.165) is 41.7 Å². The van der Waals surface area contributed by atoms with E-state index in [0.29, 0.717) is 26.2 Å². The summed E-state index contributed by atoms with van der Waals surface area (Å²) in [6.07, 6.45) is 3.00. The highest BCUT2D eigenvalue weighted by molar-refractivity contribution is 7.18. The van der Waals surface area contributed by atoms with Crippen LogP contribution in [0.1, 0.15) is 16.9 Å². The van der Waals surface area contributed by atoms with Gasteiger partial charge in [0.05, 0.1) is 18.3 Å². The summed E-state index contributed by atoms with van der Waals surface area (Å²) < 4.78 is 6.63. The predicted molar refractivity (Wildman–Crippen MR) is 94.1 cm³/mol. The summed E-state index contributed by atoms with van der Waals surface area (Å²) in [6.45, 7) is 3.79. The van der Waals surface area contributed by atoms with Crippen molar-refractivity contribution in [1.82, 2.24) is 19.8 Å². The molecule has 9 heteroatoms. The SMILES string of the molecule is Cl.O=C1OCCCN1CCn1cnc2sc3c(c2c1=O)CCNC3. The van der Waals surface area contributed by atoms with Crippen LogP contribution in [0, 0.1) is 0 Å². The van der Waals surface area contributed by atoms with Gasteiger partial charge in [-0.05, 0) is 24.9 Å². The number of carbonyl (C=O) groups is 1. The first kappa shape index (κ1) is 17.2. The van der Waals surface area contributed by atoms with Crippen LogP contribution < -0.4 is 10.9 Å². The average Bonchev–Trinajstić information content (AvgIpc) is 2.95. The molecule has 2 aliphatic rings. The maximum Gasteiger partial charge on any atom is 0.409 e. The van der Waals surface area contributed by atoms with Gasteiger partial charge in [-0.15, -0.1) is 23.7 Å². The van der Waals surface area contributed by atoms with E-state index in [4.69, 9.17) is 4.74 Å². The van der Waals surface area contributed by atoms with Crippen LogP contribution in [-0.2, 0) is 24.2 Å². The Kier molecular flexibility index (Phi) is 5.07. The van der Waals surface area contributed by atoms with Crippen molar-refractivity contribution >= 4 is 40.1 Å². The summed E-state index contributed by atoms with van der Waals surface area (Å²) in [4.78, 5) is 32.6. The van der Waals surface area contributed by atoms with Crippen molar-refractivity contribution in [3.63, 3.8) is 0 Å². The molecule has 0 unspecified atom stereocenters. The summed E-state index contributed by atoms with van der Waals surface area (Å²) in [5.41, 5.74) is 1.15. The molecule has 4 heterocycles. The molecule has 1 fully saturated rings. The number of cyclic esters (lactones) is 1. The fourth-order valence-corrected chi connectivity index (χ4v) is 4.29. The van der Waals surface area contributed by atoms with E-state index in [1.807, 2.05) is 0 Å². The van der Waals surface area contributed by atoms with Gasteiger partial charge in [0.2, 0.25) is 0 Å². The number of hydrogen-bond donors (Lipinski definition) is 1. The van der Waals surface area contributed by atoms with E-state index in [-0.39, 0.29) is 24.1 Å². The fraction of sp³-hybridized carbons (Fsp3) is 0.533. The summed E-state index contributed by atoms with van der Waals surface area (Å²) >= 11 is 1.60. The minimum Gasteiger partial charge on any atom is -0.449 e. The molecule has 0 bridgehead atoms. The highest BCUT2D eigenvalue weighted by atomic mass is 35.5. The Hall–Kier alpha value is -1.64. The van der Waals surface area contributed by atoms with Gasteiger partial charge in [0.25, 0.3) is 5.56 Å². The van der Waals surface area contributed by atoms with E-state index in [2.05, 4.69) is 10.3 Å². The third kappa shape index (κ3) is 3.01. The zero-order valence-electron chi connectivity index (χ0n) is 13.1. The zero-order chi connectivity index (χ0) is 15.8. The van der Waals surface area contributed by atoms with Gasteiger partial charge in [-0.1, -0.05) is 0 Å². The van der Waals surface area contributed by atoms with Gasteiger partial charge in [0.1, 0.15) is 4.83 Å². The smallest absolute Gasteiger partial charge is 0.409 e. The number of aromatic nitrogens is 2. The topological polar surface area (TPSA) is 76.5 Å². The van der Waals surface area contributed by atoms with E-state index in [1.54, 1.807) is 27.1 Å². The summed E-state index contributed by atoms with van der Waals surface area (Å²) in [5, 5.41) is 4.08. The molecule has 0 aliphatic carbocycles. The molecule has 0 aromatic carbocycles.